The van der Waals surface area contributed by atoms with Crippen molar-refractivity contribution in [3.05, 3.63) is 29.3 Å². The fourth-order valence-electron chi connectivity index (χ4n) is 3.42. The van der Waals surface area contributed by atoms with Crippen LogP contribution in [0.3, 0.4) is 0 Å². The van der Waals surface area contributed by atoms with Crippen molar-refractivity contribution in [2.24, 2.45) is 11.7 Å². The van der Waals surface area contributed by atoms with Gasteiger partial charge in [-0.05, 0) is 56.1 Å². The van der Waals surface area contributed by atoms with Crippen LogP contribution in [0.25, 0.3) is 0 Å². The molecule has 1 saturated heterocycles. The van der Waals surface area contributed by atoms with Gasteiger partial charge in [0.1, 0.15) is 5.75 Å². The van der Waals surface area contributed by atoms with Gasteiger partial charge in [-0.3, -0.25) is 4.90 Å². The van der Waals surface area contributed by atoms with Crippen LogP contribution in [0.4, 0.5) is 0 Å². The zero-order valence-electron chi connectivity index (χ0n) is 11.1. The average Bonchev–Trinajstić information content (AvgIpc) is 2.85. The van der Waals surface area contributed by atoms with Crippen LogP contribution >= 0.6 is 0 Å². The van der Waals surface area contributed by atoms with Gasteiger partial charge in [-0.2, -0.15) is 0 Å². The summed E-state index contributed by atoms with van der Waals surface area (Å²) in [5.74, 6) is 1.66. The summed E-state index contributed by atoms with van der Waals surface area (Å²) in [5, 5.41) is 0. The number of benzene rings is 1. The van der Waals surface area contributed by atoms with Crippen molar-refractivity contribution in [1.29, 1.82) is 0 Å². The molecular formula is C15H22N2O. The summed E-state index contributed by atoms with van der Waals surface area (Å²) in [6.45, 7) is 2.79. The van der Waals surface area contributed by atoms with Gasteiger partial charge < -0.3 is 10.5 Å². The molecule has 3 nitrogen and oxygen atoms in total. The molecule has 0 bridgehead atoms. The Bertz CT molecular complexity index is 433. The van der Waals surface area contributed by atoms with Crippen LogP contribution < -0.4 is 10.5 Å². The lowest BCUT2D eigenvalue weighted by Gasteiger charge is -2.39. The molecule has 98 valence electrons. The second-order valence-electron chi connectivity index (χ2n) is 5.53. The highest BCUT2D eigenvalue weighted by molar-refractivity contribution is 5.41. The summed E-state index contributed by atoms with van der Waals surface area (Å²) in [7, 11) is 2.22. The van der Waals surface area contributed by atoms with Gasteiger partial charge in [0.2, 0.25) is 0 Å². The van der Waals surface area contributed by atoms with E-state index in [1.807, 2.05) is 0 Å². The zero-order chi connectivity index (χ0) is 12.5. The predicted molar refractivity (Wildman–Crippen MR) is 72.8 cm³/mol. The molecule has 3 heteroatoms. The van der Waals surface area contributed by atoms with Gasteiger partial charge in [0.15, 0.2) is 0 Å². The van der Waals surface area contributed by atoms with Gasteiger partial charge in [0, 0.05) is 12.5 Å². The first-order valence-corrected chi connectivity index (χ1v) is 6.95. The largest absolute Gasteiger partial charge is 0.493 e. The van der Waals surface area contributed by atoms with Crippen LogP contribution in [-0.2, 0) is 6.42 Å². The Hall–Kier alpha value is -1.06. The molecule has 2 unspecified atom stereocenters. The zero-order valence-corrected chi connectivity index (χ0v) is 11.1. The van der Waals surface area contributed by atoms with Gasteiger partial charge in [0.25, 0.3) is 0 Å². The van der Waals surface area contributed by atoms with Crippen LogP contribution in [0, 0.1) is 5.92 Å². The molecule has 1 aromatic rings. The van der Waals surface area contributed by atoms with E-state index in [0.717, 1.165) is 25.3 Å². The third-order valence-corrected chi connectivity index (χ3v) is 4.36. The molecule has 2 aliphatic rings. The second-order valence-corrected chi connectivity index (χ2v) is 5.53. The van der Waals surface area contributed by atoms with Crippen molar-refractivity contribution in [2.45, 2.75) is 25.3 Å². The van der Waals surface area contributed by atoms with Crippen molar-refractivity contribution < 1.29 is 4.74 Å². The number of nitrogens with two attached hydrogens (primary N) is 1. The molecule has 18 heavy (non-hydrogen) atoms. The predicted octanol–water partition coefficient (Wildman–Crippen LogP) is 1.96. The van der Waals surface area contributed by atoms with Gasteiger partial charge in [-0.15, -0.1) is 0 Å². The van der Waals surface area contributed by atoms with Crippen LogP contribution in [0.2, 0.25) is 0 Å². The fraction of sp³-hybridized carbons (Fsp3) is 0.600. The number of hydrogen-bond acceptors (Lipinski definition) is 3. The molecule has 2 aliphatic heterocycles. The summed E-state index contributed by atoms with van der Waals surface area (Å²) >= 11 is 0. The molecule has 1 aromatic carbocycles. The van der Waals surface area contributed by atoms with Crippen LogP contribution in [0.15, 0.2) is 18.2 Å². The molecule has 1 fully saturated rings. The lowest BCUT2D eigenvalue weighted by molar-refractivity contribution is 0.125. The normalized spacial score (nSPS) is 27.9. The maximum absolute atomic E-state index is 5.95. The smallest absolute Gasteiger partial charge is 0.122 e. The van der Waals surface area contributed by atoms with Gasteiger partial charge in [-0.25, -0.2) is 0 Å². The second kappa shape index (κ2) is 4.90. The Morgan fingerprint density at radius 2 is 2.33 bits per heavy atom. The molecule has 2 atom stereocenters. The average molecular weight is 246 g/mol. The van der Waals surface area contributed by atoms with Crippen molar-refractivity contribution in [3.63, 3.8) is 0 Å². The SMILES string of the molecule is CN1CCCC(CN)C1c1ccc2c(c1)CCO2. The Balaban J connectivity index is 1.91. The van der Waals surface area contributed by atoms with Crippen molar-refractivity contribution >= 4 is 0 Å². The standard InChI is InChI=1S/C15H22N2O/c1-17-7-2-3-13(10-16)15(17)12-4-5-14-11(9-12)6-8-18-14/h4-5,9,13,15H,2-3,6-8,10,16H2,1H3. The van der Waals surface area contributed by atoms with Crippen LogP contribution in [0.5, 0.6) is 5.75 Å². The first kappa shape index (κ1) is 12.0. The molecule has 0 radical (unpaired) electrons. The monoisotopic (exact) mass is 246 g/mol. The minimum absolute atomic E-state index is 0.481. The van der Waals surface area contributed by atoms with E-state index in [-0.39, 0.29) is 0 Å². The summed E-state index contributed by atoms with van der Waals surface area (Å²) in [4.78, 5) is 2.46. The van der Waals surface area contributed by atoms with E-state index in [9.17, 15) is 0 Å². The Labute approximate surface area is 109 Å². The van der Waals surface area contributed by atoms with E-state index in [4.69, 9.17) is 10.5 Å². The summed E-state index contributed by atoms with van der Waals surface area (Å²) < 4.78 is 5.58. The number of hydrogen-bond donors (Lipinski definition) is 1. The number of nitrogens with zero attached hydrogens (tertiary/aromatic N) is 1. The Kier molecular flexibility index (Phi) is 3.27. The van der Waals surface area contributed by atoms with E-state index in [1.54, 1.807) is 0 Å². The quantitative estimate of drug-likeness (QED) is 0.867. The lowest BCUT2D eigenvalue weighted by Crippen LogP contribution is -2.39. The van der Waals surface area contributed by atoms with E-state index in [1.165, 1.54) is 30.5 Å². The molecule has 0 amide bonds. The number of ether oxygens (including phenoxy) is 1. The van der Waals surface area contributed by atoms with Crippen LogP contribution in [0.1, 0.15) is 30.0 Å². The fourth-order valence-corrected chi connectivity index (χ4v) is 3.42. The van der Waals surface area contributed by atoms with E-state index >= 15 is 0 Å². The third kappa shape index (κ3) is 2.02. The van der Waals surface area contributed by atoms with Crippen molar-refractivity contribution in [1.82, 2.24) is 4.90 Å². The minimum Gasteiger partial charge on any atom is -0.493 e. The Morgan fingerprint density at radius 3 is 3.17 bits per heavy atom. The number of likely N-dealkylation sites (tertiary alicyclic amines) is 1. The van der Waals surface area contributed by atoms with Gasteiger partial charge in [0.05, 0.1) is 6.61 Å². The maximum atomic E-state index is 5.95. The number of piperidine rings is 1. The van der Waals surface area contributed by atoms with Gasteiger partial charge in [-0.1, -0.05) is 12.1 Å². The van der Waals surface area contributed by atoms with Crippen molar-refractivity contribution in [3.8, 4) is 5.75 Å². The highest BCUT2D eigenvalue weighted by atomic mass is 16.5. The third-order valence-electron chi connectivity index (χ3n) is 4.36. The summed E-state index contributed by atoms with van der Waals surface area (Å²) in [6, 6.07) is 7.17. The van der Waals surface area contributed by atoms with E-state index < -0.39 is 0 Å². The first-order valence-electron chi connectivity index (χ1n) is 6.95. The molecule has 0 spiro atoms. The minimum atomic E-state index is 0.481. The van der Waals surface area contributed by atoms with E-state index in [0.29, 0.717) is 12.0 Å². The highest BCUT2D eigenvalue weighted by Crippen LogP contribution is 2.37. The topological polar surface area (TPSA) is 38.5 Å². The molecule has 3 rings (SSSR count). The molecule has 2 N–H and O–H groups in total. The van der Waals surface area contributed by atoms with Gasteiger partial charge >= 0.3 is 0 Å². The molecular weight excluding hydrogens is 224 g/mol. The number of fused-ring (bicyclic) bond motifs is 1. The Morgan fingerprint density at radius 1 is 1.44 bits per heavy atom. The number of rotatable bonds is 2. The maximum Gasteiger partial charge on any atom is 0.122 e. The van der Waals surface area contributed by atoms with Crippen LogP contribution in [-0.4, -0.2) is 31.6 Å². The molecule has 0 aliphatic carbocycles. The van der Waals surface area contributed by atoms with E-state index in [2.05, 4.69) is 30.1 Å². The summed E-state index contributed by atoms with van der Waals surface area (Å²) in [5.41, 5.74) is 8.73. The molecule has 0 aromatic heterocycles. The lowest BCUT2D eigenvalue weighted by atomic mass is 9.84. The first-order chi connectivity index (χ1) is 8.79. The highest BCUT2D eigenvalue weighted by Gasteiger charge is 2.30. The molecule has 2 heterocycles. The molecule has 0 saturated carbocycles. The summed E-state index contributed by atoms with van der Waals surface area (Å²) in [6.07, 6.45) is 3.56. The van der Waals surface area contributed by atoms with Crippen molar-refractivity contribution in [2.75, 3.05) is 26.7 Å².